The zero-order chi connectivity index (χ0) is 10.0. The monoisotopic (exact) mass is 189 g/mol. The van der Waals surface area contributed by atoms with Gasteiger partial charge in [0.2, 0.25) is 0 Å². The third kappa shape index (κ3) is 1.83. The molecule has 76 valence electrons. The summed E-state index contributed by atoms with van der Waals surface area (Å²) in [7, 11) is 0. The third-order valence-electron chi connectivity index (χ3n) is 3.23. The molecule has 0 atom stereocenters. The van der Waals surface area contributed by atoms with E-state index in [1.807, 2.05) is 0 Å². The fraction of sp³-hybridized carbons (Fsp3) is 0.538. The van der Waals surface area contributed by atoms with Crippen LogP contribution in [0.5, 0.6) is 0 Å². The number of fused-ring (bicyclic) bond motifs is 1. The van der Waals surface area contributed by atoms with Crippen molar-refractivity contribution in [2.75, 3.05) is 0 Å². The van der Waals surface area contributed by atoms with Gasteiger partial charge in [-0.3, -0.25) is 0 Å². The van der Waals surface area contributed by atoms with Crippen LogP contribution in [-0.4, -0.2) is 5.54 Å². The van der Waals surface area contributed by atoms with E-state index in [0.717, 1.165) is 19.3 Å². The first-order valence-electron chi connectivity index (χ1n) is 5.59. The van der Waals surface area contributed by atoms with Gasteiger partial charge in [0.25, 0.3) is 0 Å². The summed E-state index contributed by atoms with van der Waals surface area (Å²) in [6.07, 6.45) is 5.81. The highest BCUT2D eigenvalue weighted by Gasteiger charge is 2.32. The molecule has 1 aromatic rings. The molecule has 1 nitrogen and oxygen atoms in total. The molecule has 1 aliphatic carbocycles. The van der Waals surface area contributed by atoms with Gasteiger partial charge in [0.1, 0.15) is 0 Å². The lowest BCUT2D eigenvalue weighted by Crippen LogP contribution is -2.40. The second-order valence-electron chi connectivity index (χ2n) is 4.59. The van der Waals surface area contributed by atoms with E-state index in [4.69, 9.17) is 5.73 Å². The van der Waals surface area contributed by atoms with Crippen LogP contribution in [-0.2, 0) is 12.8 Å². The van der Waals surface area contributed by atoms with E-state index in [1.54, 1.807) is 0 Å². The van der Waals surface area contributed by atoms with Crippen LogP contribution < -0.4 is 5.73 Å². The number of rotatable bonds is 3. The van der Waals surface area contributed by atoms with E-state index in [0.29, 0.717) is 0 Å². The number of nitrogens with two attached hydrogens (primary N) is 1. The van der Waals surface area contributed by atoms with Crippen LogP contribution >= 0.6 is 0 Å². The second-order valence-corrected chi connectivity index (χ2v) is 4.59. The lowest BCUT2D eigenvalue weighted by atomic mass is 9.91. The molecule has 0 bridgehead atoms. The highest BCUT2D eigenvalue weighted by atomic mass is 14.7. The third-order valence-corrected chi connectivity index (χ3v) is 3.23. The predicted octanol–water partition coefficient (Wildman–Crippen LogP) is 2.67. The van der Waals surface area contributed by atoms with E-state index in [1.165, 1.54) is 24.0 Å². The molecule has 0 amide bonds. The van der Waals surface area contributed by atoms with Crippen molar-refractivity contribution >= 4 is 0 Å². The molecule has 0 saturated heterocycles. The highest BCUT2D eigenvalue weighted by Crippen LogP contribution is 2.31. The Morgan fingerprint density at radius 1 is 1.21 bits per heavy atom. The van der Waals surface area contributed by atoms with Crippen molar-refractivity contribution in [3.05, 3.63) is 35.4 Å². The van der Waals surface area contributed by atoms with Gasteiger partial charge in [0, 0.05) is 5.54 Å². The van der Waals surface area contributed by atoms with Crippen LogP contribution in [0.25, 0.3) is 0 Å². The fourth-order valence-electron chi connectivity index (χ4n) is 2.43. The van der Waals surface area contributed by atoms with E-state index in [2.05, 4.69) is 31.2 Å². The predicted molar refractivity (Wildman–Crippen MR) is 60.3 cm³/mol. The van der Waals surface area contributed by atoms with Crippen molar-refractivity contribution in [2.45, 2.75) is 44.6 Å². The smallest absolute Gasteiger partial charge is 0.0236 e. The zero-order valence-corrected chi connectivity index (χ0v) is 8.92. The van der Waals surface area contributed by atoms with E-state index >= 15 is 0 Å². The van der Waals surface area contributed by atoms with Crippen molar-refractivity contribution in [2.24, 2.45) is 5.73 Å². The molecule has 0 fully saturated rings. The van der Waals surface area contributed by atoms with Gasteiger partial charge in [0.15, 0.2) is 0 Å². The Labute approximate surface area is 86.3 Å². The maximum atomic E-state index is 6.40. The first-order chi connectivity index (χ1) is 6.73. The number of hydrogen-bond acceptors (Lipinski definition) is 1. The quantitative estimate of drug-likeness (QED) is 0.777. The molecule has 14 heavy (non-hydrogen) atoms. The average molecular weight is 189 g/mol. The molecule has 0 radical (unpaired) electrons. The van der Waals surface area contributed by atoms with Gasteiger partial charge in [-0.25, -0.2) is 0 Å². The molecule has 0 aliphatic heterocycles. The van der Waals surface area contributed by atoms with Crippen LogP contribution in [0.1, 0.15) is 37.3 Å². The van der Waals surface area contributed by atoms with Gasteiger partial charge in [0.05, 0.1) is 0 Å². The molecule has 2 rings (SSSR count). The first kappa shape index (κ1) is 9.72. The Morgan fingerprint density at radius 3 is 2.29 bits per heavy atom. The van der Waals surface area contributed by atoms with Crippen molar-refractivity contribution in [3.63, 3.8) is 0 Å². The normalized spacial score (nSPS) is 18.1. The van der Waals surface area contributed by atoms with E-state index in [9.17, 15) is 0 Å². The Bertz CT molecular complexity index is 292. The highest BCUT2D eigenvalue weighted by molar-refractivity contribution is 5.35. The Morgan fingerprint density at radius 2 is 1.79 bits per heavy atom. The maximum absolute atomic E-state index is 6.40. The fourth-order valence-corrected chi connectivity index (χ4v) is 2.43. The molecule has 1 aromatic carbocycles. The summed E-state index contributed by atoms with van der Waals surface area (Å²) in [6.45, 7) is 2.23. The Hall–Kier alpha value is -0.820. The van der Waals surface area contributed by atoms with Crippen LogP contribution in [0.3, 0.4) is 0 Å². The molecule has 0 saturated carbocycles. The van der Waals surface area contributed by atoms with Crippen molar-refractivity contribution in [3.8, 4) is 0 Å². The van der Waals surface area contributed by atoms with Gasteiger partial charge in [-0.05, 0) is 30.4 Å². The van der Waals surface area contributed by atoms with Crippen LogP contribution in [0.4, 0.5) is 0 Å². The minimum absolute atomic E-state index is 0.0553. The van der Waals surface area contributed by atoms with Crippen LogP contribution in [0.15, 0.2) is 24.3 Å². The topological polar surface area (TPSA) is 26.0 Å². The van der Waals surface area contributed by atoms with Gasteiger partial charge in [-0.2, -0.15) is 0 Å². The molecule has 0 spiro atoms. The van der Waals surface area contributed by atoms with Crippen LogP contribution in [0.2, 0.25) is 0 Å². The van der Waals surface area contributed by atoms with E-state index in [-0.39, 0.29) is 5.54 Å². The molecular weight excluding hydrogens is 170 g/mol. The van der Waals surface area contributed by atoms with Gasteiger partial charge >= 0.3 is 0 Å². The lowest BCUT2D eigenvalue weighted by molar-refractivity contribution is 0.399. The number of unbranched alkanes of at least 4 members (excludes halogenated alkanes) is 1. The summed E-state index contributed by atoms with van der Waals surface area (Å²) in [5, 5.41) is 0. The minimum atomic E-state index is 0.0553. The summed E-state index contributed by atoms with van der Waals surface area (Å²) in [5.74, 6) is 0. The molecule has 1 heteroatoms. The standard InChI is InChI=1S/C13H19N/c1-2-3-8-13(14)9-11-6-4-5-7-12(11)10-13/h4-7H,2-3,8-10,14H2,1H3. The number of hydrogen-bond donors (Lipinski definition) is 1. The molecule has 0 unspecified atom stereocenters. The summed E-state index contributed by atoms with van der Waals surface area (Å²) < 4.78 is 0. The van der Waals surface area contributed by atoms with Gasteiger partial charge in [-0.15, -0.1) is 0 Å². The number of benzene rings is 1. The average Bonchev–Trinajstić information content (AvgIpc) is 2.51. The maximum Gasteiger partial charge on any atom is 0.0236 e. The summed E-state index contributed by atoms with van der Waals surface area (Å²) in [6, 6.07) is 8.67. The zero-order valence-electron chi connectivity index (χ0n) is 8.92. The molecule has 2 N–H and O–H groups in total. The Kier molecular flexibility index (Phi) is 2.60. The molecule has 0 aromatic heterocycles. The van der Waals surface area contributed by atoms with Gasteiger partial charge < -0.3 is 5.73 Å². The van der Waals surface area contributed by atoms with Crippen LogP contribution in [0, 0.1) is 0 Å². The SMILES string of the molecule is CCCCC1(N)Cc2ccccc2C1. The lowest BCUT2D eigenvalue weighted by Gasteiger charge is -2.23. The van der Waals surface area contributed by atoms with Crippen molar-refractivity contribution in [1.29, 1.82) is 0 Å². The largest absolute Gasteiger partial charge is 0.324 e. The molecule has 1 aliphatic rings. The van der Waals surface area contributed by atoms with E-state index < -0.39 is 0 Å². The summed E-state index contributed by atoms with van der Waals surface area (Å²) in [4.78, 5) is 0. The molecule has 0 heterocycles. The first-order valence-corrected chi connectivity index (χ1v) is 5.59. The van der Waals surface area contributed by atoms with Gasteiger partial charge in [-0.1, -0.05) is 44.0 Å². The second kappa shape index (κ2) is 3.74. The van der Waals surface area contributed by atoms with Crippen molar-refractivity contribution < 1.29 is 0 Å². The Balaban J connectivity index is 2.09. The van der Waals surface area contributed by atoms with Crippen molar-refractivity contribution in [1.82, 2.24) is 0 Å². The summed E-state index contributed by atoms with van der Waals surface area (Å²) >= 11 is 0. The summed E-state index contributed by atoms with van der Waals surface area (Å²) in [5.41, 5.74) is 9.38. The minimum Gasteiger partial charge on any atom is -0.324 e. The molecular formula is C13H19N.